The minimum Gasteiger partial charge on any atom is -0.325 e. The number of anilines is 1. The van der Waals surface area contributed by atoms with Gasteiger partial charge in [0.25, 0.3) is 5.56 Å². The summed E-state index contributed by atoms with van der Waals surface area (Å²) in [5.41, 5.74) is -0.416. The summed E-state index contributed by atoms with van der Waals surface area (Å²) in [6, 6.07) is 11.7. The summed E-state index contributed by atoms with van der Waals surface area (Å²) >= 11 is 0. The van der Waals surface area contributed by atoms with Gasteiger partial charge in [-0.1, -0.05) is 12.1 Å². The molecule has 0 aliphatic heterocycles. The molecule has 7 heteroatoms. The van der Waals surface area contributed by atoms with E-state index >= 15 is 0 Å². The summed E-state index contributed by atoms with van der Waals surface area (Å²) in [7, 11) is 0. The van der Waals surface area contributed by atoms with E-state index in [1.165, 1.54) is 24.3 Å². The fourth-order valence-electron chi connectivity index (χ4n) is 2.22. The van der Waals surface area contributed by atoms with Crippen molar-refractivity contribution in [1.29, 1.82) is 0 Å². The lowest BCUT2D eigenvalue weighted by Crippen LogP contribution is -2.38. The molecular weight excluding hydrogens is 301 g/mol. The van der Waals surface area contributed by atoms with E-state index in [0.717, 1.165) is 4.57 Å². The number of aromatic amines is 1. The lowest BCUT2D eigenvalue weighted by Gasteiger charge is -2.07. The molecule has 0 aliphatic carbocycles. The molecular formula is C16H12FN3O3. The van der Waals surface area contributed by atoms with Crippen LogP contribution in [0, 0.1) is 5.82 Å². The van der Waals surface area contributed by atoms with Gasteiger partial charge in [0.2, 0.25) is 5.91 Å². The van der Waals surface area contributed by atoms with Gasteiger partial charge in [0.15, 0.2) is 0 Å². The van der Waals surface area contributed by atoms with Crippen molar-refractivity contribution >= 4 is 22.5 Å². The van der Waals surface area contributed by atoms with Crippen LogP contribution in [0.4, 0.5) is 10.1 Å². The summed E-state index contributed by atoms with van der Waals surface area (Å²) in [4.78, 5) is 38.8. The molecule has 1 amide bonds. The first kappa shape index (κ1) is 14.7. The van der Waals surface area contributed by atoms with Gasteiger partial charge >= 0.3 is 5.69 Å². The predicted molar refractivity (Wildman–Crippen MR) is 83.9 cm³/mol. The van der Waals surface area contributed by atoms with E-state index in [9.17, 15) is 18.8 Å². The summed E-state index contributed by atoms with van der Waals surface area (Å²) in [5.74, 6) is -0.982. The zero-order valence-electron chi connectivity index (χ0n) is 11.9. The third kappa shape index (κ3) is 3.03. The molecule has 1 aromatic heterocycles. The third-order valence-corrected chi connectivity index (χ3v) is 3.32. The van der Waals surface area contributed by atoms with E-state index in [4.69, 9.17) is 0 Å². The summed E-state index contributed by atoms with van der Waals surface area (Å²) < 4.78 is 13.6. The topological polar surface area (TPSA) is 84.0 Å². The van der Waals surface area contributed by atoms with Crippen LogP contribution in [0.2, 0.25) is 0 Å². The number of hydrogen-bond donors (Lipinski definition) is 2. The highest BCUT2D eigenvalue weighted by atomic mass is 19.1. The number of benzene rings is 2. The Balaban J connectivity index is 1.89. The highest BCUT2D eigenvalue weighted by Crippen LogP contribution is 2.08. The molecule has 23 heavy (non-hydrogen) atoms. The van der Waals surface area contributed by atoms with Crippen molar-refractivity contribution in [3.63, 3.8) is 0 Å². The number of carbonyl (C=O) groups excluding carboxylic acids is 1. The van der Waals surface area contributed by atoms with Crippen molar-refractivity contribution in [1.82, 2.24) is 9.55 Å². The standard InChI is InChI=1S/C16H12FN3O3/c17-10-5-7-11(8-6-10)18-14(21)9-20-15(22)12-3-1-2-4-13(12)19-16(20)23/h1-8H,9H2,(H,18,21)(H,19,23). The van der Waals surface area contributed by atoms with Crippen LogP contribution in [0.15, 0.2) is 58.1 Å². The van der Waals surface area contributed by atoms with Crippen LogP contribution in [-0.4, -0.2) is 15.5 Å². The van der Waals surface area contributed by atoms with Crippen LogP contribution in [0.1, 0.15) is 0 Å². The van der Waals surface area contributed by atoms with Gasteiger partial charge in [-0.2, -0.15) is 0 Å². The molecule has 0 atom stereocenters. The molecule has 1 heterocycles. The number of nitrogens with zero attached hydrogens (tertiary/aromatic N) is 1. The maximum atomic E-state index is 12.8. The molecule has 3 rings (SSSR count). The van der Waals surface area contributed by atoms with Gasteiger partial charge in [-0.3, -0.25) is 14.2 Å². The van der Waals surface area contributed by atoms with Gasteiger partial charge in [0.05, 0.1) is 10.9 Å². The maximum absolute atomic E-state index is 12.8. The highest BCUT2D eigenvalue weighted by Gasteiger charge is 2.11. The second-order valence-electron chi connectivity index (χ2n) is 4.92. The summed E-state index contributed by atoms with van der Waals surface area (Å²) in [6.45, 7) is -0.434. The number of para-hydroxylation sites is 1. The Bertz CT molecular complexity index is 990. The van der Waals surface area contributed by atoms with Crippen molar-refractivity contribution in [2.24, 2.45) is 0 Å². The predicted octanol–water partition coefficient (Wildman–Crippen LogP) is 1.47. The quantitative estimate of drug-likeness (QED) is 0.768. The molecule has 0 unspecified atom stereocenters. The average molecular weight is 313 g/mol. The van der Waals surface area contributed by atoms with Gasteiger partial charge < -0.3 is 10.3 Å². The number of aromatic nitrogens is 2. The number of fused-ring (bicyclic) bond motifs is 1. The monoisotopic (exact) mass is 313 g/mol. The Morgan fingerprint density at radius 2 is 1.78 bits per heavy atom. The van der Waals surface area contributed by atoms with Crippen LogP contribution in [0.25, 0.3) is 10.9 Å². The molecule has 2 N–H and O–H groups in total. The molecule has 6 nitrogen and oxygen atoms in total. The number of hydrogen-bond acceptors (Lipinski definition) is 3. The molecule has 0 saturated carbocycles. The smallest absolute Gasteiger partial charge is 0.325 e. The second kappa shape index (κ2) is 5.88. The molecule has 0 bridgehead atoms. The zero-order chi connectivity index (χ0) is 16.4. The largest absolute Gasteiger partial charge is 0.329 e. The number of carbonyl (C=O) groups is 1. The van der Waals surface area contributed by atoms with E-state index in [1.807, 2.05) is 0 Å². The zero-order valence-corrected chi connectivity index (χ0v) is 11.9. The molecule has 2 aromatic carbocycles. The molecule has 0 spiro atoms. The summed E-state index contributed by atoms with van der Waals surface area (Å²) in [5, 5.41) is 2.82. The van der Waals surface area contributed by atoms with Crippen molar-refractivity contribution < 1.29 is 9.18 Å². The Morgan fingerprint density at radius 1 is 1.09 bits per heavy atom. The molecule has 0 saturated heterocycles. The van der Waals surface area contributed by atoms with Crippen molar-refractivity contribution in [3.05, 3.63) is 75.2 Å². The van der Waals surface area contributed by atoms with Gasteiger partial charge in [0, 0.05) is 5.69 Å². The van der Waals surface area contributed by atoms with Crippen molar-refractivity contribution in [2.75, 3.05) is 5.32 Å². The maximum Gasteiger partial charge on any atom is 0.329 e. The minimum atomic E-state index is -0.664. The van der Waals surface area contributed by atoms with Gasteiger partial charge in [-0.05, 0) is 36.4 Å². The molecule has 3 aromatic rings. The van der Waals surface area contributed by atoms with E-state index in [1.54, 1.807) is 24.3 Å². The number of H-pyrrole nitrogens is 1. The molecule has 0 aliphatic rings. The Kier molecular flexibility index (Phi) is 3.76. The number of rotatable bonds is 3. The van der Waals surface area contributed by atoms with E-state index in [0.29, 0.717) is 16.6 Å². The number of nitrogens with one attached hydrogen (secondary N) is 2. The Hall–Kier alpha value is -3.22. The first-order chi connectivity index (χ1) is 11.0. The lowest BCUT2D eigenvalue weighted by molar-refractivity contribution is -0.116. The molecule has 116 valence electrons. The second-order valence-corrected chi connectivity index (χ2v) is 4.92. The Morgan fingerprint density at radius 3 is 2.52 bits per heavy atom. The van der Waals surface area contributed by atoms with Gasteiger partial charge in [0.1, 0.15) is 12.4 Å². The third-order valence-electron chi connectivity index (χ3n) is 3.32. The normalized spacial score (nSPS) is 10.7. The van der Waals surface area contributed by atoms with Crippen LogP contribution in [0.5, 0.6) is 0 Å². The molecule has 0 fully saturated rings. The van der Waals surface area contributed by atoms with Crippen molar-refractivity contribution in [3.8, 4) is 0 Å². The number of amides is 1. The minimum absolute atomic E-state index is 0.321. The molecule has 0 radical (unpaired) electrons. The average Bonchev–Trinajstić information content (AvgIpc) is 2.54. The van der Waals surface area contributed by atoms with E-state index in [2.05, 4.69) is 10.3 Å². The van der Waals surface area contributed by atoms with Crippen LogP contribution in [-0.2, 0) is 11.3 Å². The van der Waals surface area contributed by atoms with Crippen LogP contribution < -0.4 is 16.6 Å². The van der Waals surface area contributed by atoms with Gasteiger partial charge in [-0.15, -0.1) is 0 Å². The fraction of sp³-hybridized carbons (Fsp3) is 0.0625. The van der Waals surface area contributed by atoms with E-state index < -0.39 is 29.5 Å². The first-order valence-corrected chi connectivity index (χ1v) is 6.82. The fourth-order valence-corrected chi connectivity index (χ4v) is 2.22. The van der Waals surface area contributed by atoms with Gasteiger partial charge in [-0.25, -0.2) is 9.18 Å². The highest BCUT2D eigenvalue weighted by molar-refractivity contribution is 5.90. The van der Waals surface area contributed by atoms with Crippen molar-refractivity contribution in [2.45, 2.75) is 6.54 Å². The first-order valence-electron chi connectivity index (χ1n) is 6.82. The van der Waals surface area contributed by atoms with Crippen LogP contribution in [0.3, 0.4) is 0 Å². The number of halogens is 1. The van der Waals surface area contributed by atoms with E-state index in [-0.39, 0.29) is 0 Å². The SMILES string of the molecule is O=C(Cn1c(=O)[nH]c2ccccc2c1=O)Nc1ccc(F)cc1. The summed E-state index contributed by atoms with van der Waals surface area (Å²) in [6.07, 6.45) is 0. The lowest BCUT2D eigenvalue weighted by atomic mass is 10.2. The van der Waals surface area contributed by atoms with Crippen LogP contribution >= 0.6 is 0 Å². The Labute approximate surface area is 129 Å².